The Morgan fingerprint density at radius 3 is 2.32 bits per heavy atom. The van der Waals surface area contributed by atoms with Crippen molar-refractivity contribution in [3.8, 4) is 5.69 Å². The monoisotopic (exact) mass is 278 g/mol. The maximum absolute atomic E-state index is 11.1. The van der Waals surface area contributed by atoms with E-state index < -0.39 is 5.97 Å². The lowest BCUT2D eigenvalue weighted by Crippen LogP contribution is -2.17. The van der Waals surface area contributed by atoms with Gasteiger partial charge in [-0.3, -0.25) is 0 Å². The molecule has 4 nitrogen and oxygen atoms in total. The number of carbonyl (C=O) groups is 1. The molecule has 0 unspecified atom stereocenters. The fourth-order valence-corrected chi connectivity index (χ4v) is 1.92. The van der Waals surface area contributed by atoms with E-state index in [1.807, 2.05) is 32.9 Å². The number of hydrogen-bond acceptors (Lipinski definition) is 2. The van der Waals surface area contributed by atoms with E-state index in [-0.39, 0.29) is 11.1 Å². The van der Waals surface area contributed by atoms with Crippen LogP contribution in [-0.2, 0) is 5.41 Å². The summed E-state index contributed by atoms with van der Waals surface area (Å²) < 4.78 is 1.65. The van der Waals surface area contributed by atoms with Crippen LogP contribution in [0.15, 0.2) is 30.3 Å². The molecule has 0 radical (unpaired) electrons. The van der Waals surface area contributed by atoms with Crippen LogP contribution in [0.25, 0.3) is 5.69 Å². The SMILES string of the molecule is CC(C)(C)c1cc(C(=O)O)nn1-c1ccc(Cl)cc1. The Kier molecular flexibility index (Phi) is 3.37. The van der Waals surface area contributed by atoms with Gasteiger partial charge < -0.3 is 5.11 Å². The van der Waals surface area contributed by atoms with Gasteiger partial charge in [0.1, 0.15) is 0 Å². The van der Waals surface area contributed by atoms with Crippen molar-refractivity contribution in [2.75, 3.05) is 0 Å². The van der Waals surface area contributed by atoms with Gasteiger partial charge in [-0.2, -0.15) is 5.10 Å². The van der Waals surface area contributed by atoms with Gasteiger partial charge in [-0.25, -0.2) is 9.48 Å². The molecule has 1 aromatic carbocycles. The number of halogens is 1. The molecule has 0 aliphatic carbocycles. The van der Waals surface area contributed by atoms with Crippen LogP contribution in [-0.4, -0.2) is 20.9 Å². The van der Waals surface area contributed by atoms with Crippen molar-refractivity contribution < 1.29 is 9.90 Å². The molecule has 2 aromatic rings. The van der Waals surface area contributed by atoms with Crippen LogP contribution >= 0.6 is 11.6 Å². The van der Waals surface area contributed by atoms with Crippen molar-refractivity contribution in [3.05, 3.63) is 46.7 Å². The van der Waals surface area contributed by atoms with Gasteiger partial charge >= 0.3 is 5.97 Å². The molecule has 2 rings (SSSR count). The smallest absolute Gasteiger partial charge is 0.356 e. The summed E-state index contributed by atoms with van der Waals surface area (Å²) in [6, 6.07) is 8.75. The van der Waals surface area contributed by atoms with Gasteiger partial charge in [-0.15, -0.1) is 0 Å². The topological polar surface area (TPSA) is 55.1 Å². The van der Waals surface area contributed by atoms with Gasteiger partial charge in [0.05, 0.1) is 11.4 Å². The summed E-state index contributed by atoms with van der Waals surface area (Å²) in [6.45, 7) is 6.05. The number of hydrogen-bond donors (Lipinski definition) is 1. The molecule has 100 valence electrons. The molecule has 1 aromatic heterocycles. The van der Waals surface area contributed by atoms with Crippen LogP contribution in [0.2, 0.25) is 5.02 Å². The van der Waals surface area contributed by atoms with E-state index in [9.17, 15) is 4.79 Å². The third kappa shape index (κ3) is 2.79. The second-order valence-corrected chi connectivity index (χ2v) is 5.79. The molecule has 0 atom stereocenters. The molecule has 0 saturated heterocycles. The zero-order chi connectivity index (χ0) is 14.2. The predicted octanol–water partition coefficient (Wildman–Crippen LogP) is 3.52. The molecule has 1 heterocycles. The lowest BCUT2D eigenvalue weighted by atomic mass is 9.91. The molecule has 1 N–H and O–H groups in total. The molecular formula is C14H15ClN2O2. The molecule has 19 heavy (non-hydrogen) atoms. The fourth-order valence-electron chi connectivity index (χ4n) is 1.80. The minimum absolute atomic E-state index is 0.0416. The molecule has 5 heteroatoms. The number of benzene rings is 1. The summed E-state index contributed by atoms with van der Waals surface area (Å²) in [7, 11) is 0. The van der Waals surface area contributed by atoms with Crippen LogP contribution in [0.5, 0.6) is 0 Å². The van der Waals surface area contributed by atoms with E-state index in [1.165, 1.54) is 0 Å². The highest BCUT2D eigenvalue weighted by atomic mass is 35.5. The lowest BCUT2D eigenvalue weighted by molar-refractivity contribution is 0.0690. The highest BCUT2D eigenvalue weighted by Gasteiger charge is 2.23. The quantitative estimate of drug-likeness (QED) is 0.914. The molecule has 0 saturated carbocycles. The number of aromatic carboxylic acids is 1. The first kappa shape index (κ1) is 13.6. The Morgan fingerprint density at radius 2 is 1.84 bits per heavy atom. The molecule has 0 amide bonds. The zero-order valence-corrected chi connectivity index (χ0v) is 11.8. The van der Waals surface area contributed by atoms with Crippen LogP contribution in [0.3, 0.4) is 0 Å². The first-order chi connectivity index (χ1) is 8.79. The number of carboxylic acids is 1. The van der Waals surface area contributed by atoms with Crippen LogP contribution in [0, 0.1) is 0 Å². The molecule has 0 fully saturated rings. The maximum atomic E-state index is 11.1. The minimum Gasteiger partial charge on any atom is -0.476 e. The summed E-state index contributed by atoms with van der Waals surface area (Å²) in [5.74, 6) is -1.03. The third-order valence-electron chi connectivity index (χ3n) is 2.77. The lowest BCUT2D eigenvalue weighted by Gasteiger charge is -2.20. The molecule has 0 aliphatic heterocycles. The van der Waals surface area contributed by atoms with Crippen molar-refractivity contribution in [3.63, 3.8) is 0 Å². The second-order valence-electron chi connectivity index (χ2n) is 5.36. The number of carboxylic acid groups (broad SMARTS) is 1. The predicted molar refractivity (Wildman–Crippen MR) is 74.2 cm³/mol. The number of nitrogens with zero attached hydrogens (tertiary/aromatic N) is 2. The Morgan fingerprint density at radius 1 is 1.26 bits per heavy atom. The summed E-state index contributed by atoms with van der Waals surface area (Å²) in [4.78, 5) is 11.1. The summed E-state index contributed by atoms with van der Waals surface area (Å²) in [5, 5.41) is 13.9. The number of aromatic nitrogens is 2. The highest BCUT2D eigenvalue weighted by Crippen LogP contribution is 2.26. The van der Waals surface area contributed by atoms with Gasteiger partial charge in [0.2, 0.25) is 0 Å². The third-order valence-corrected chi connectivity index (χ3v) is 3.02. The van der Waals surface area contributed by atoms with Crippen molar-refractivity contribution in [2.45, 2.75) is 26.2 Å². The van der Waals surface area contributed by atoms with Crippen molar-refractivity contribution in [2.24, 2.45) is 0 Å². The van der Waals surface area contributed by atoms with Gasteiger partial charge in [0, 0.05) is 10.4 Å². The van der Waals surface area contributed by atoms with Crippen molar-refractivity contribution in [1.29, 1.82) is 0 Å². The van der Waals surface area contributed by atoms with Crippen LogP contribution in [0.1, 0.15) is 37.0 Å². The average Bonchev–Trinajstić information content (AvgIpc) is 2.74. The Labute approximate surface area is 116 Å². The largest absolute Gasteiger partial charge is 0.476 e. The molecule has 0 aliphatic rings. The highest BCUT2D eigenvalue weighted by molar-refractivity contribution is 6.30. The first-order valence-electron chi connectivity index (χ1n) is 5.89. The van der Waals surface area contributed by atoms with Gasteiger partial charge in [-0.1, -0.05) is 32.4 Å². The Balaban J connectivity index is 2.61. The van der Waals surface area contributed by atoms with Crippen LogP contribution in [0.4, 0.5) is 0 Å². The molecule has 0 spiro atoms. The zero-order valence-electron chi connectivity index (χ0n) is 11.0. The summed E-state index contributed by atoms with van der Waals surface area (Å²) in [6.07, 6.45) is 0. The molecular weight excluding hydrogens is 264 g/mol. The maximum Gasteiger partial charge on any atom is 0.356 e. The molecule has 0 bridgehead atoms. The number of rotatable bonds is 2. The van der Waals surface area contributed by atoms with E-state index in [1.54, 1.807) is 22.9 Å². The normalized spacial score (nSPS) is 11.6. The standard InChI is InChI=1S/C14H15ClN2O2/c1-14(2,3)12-8-11(13(18)19)16-17(12)10-6-4-9(15)5-7-10/h4-8H,1-3H3,(H,18,19). The van der Waals surface area contributed by atoms with E-state index in [0.29, 0.717) is 5.02 Å². The van der Waals surface area contributed by atoms with Gasteiger partial charge in [-0.05, 0) is 30.3 Å². The van der Waals surface area contributed by atoms with E-state index in [4.69, 9.17) is 16.7 Å². The van der Waals surface area contributed by atoms with E-state index >= 15 is 0 Å². The Bertz CT molecular complexity index is 609. The van der Waals surface area contributed by atoms with E-state index in [2.05, 4.69) is 5.10 Å². The first-order valence-corrected chi connectivity index (χ1v) is 6.26. The Hall–Kier alpha value is -1.81. The minimum atomic E-state index is -1.03. The average molecular weight is 279 g/mol. The van der Waals surface area contributed by atoms with E-state index in [0.717, 1.165) is 11.4 Å². The second kappa shape index (κ2) is 4.70. The van der Waals surface area contributed by atoms with Gasteiger partial charge in [0.25, 0.3) is 0 Å². The summed E-state index contributed by atoms with van der Waals surface area (Å²) >= 11 is 5.86. The van der Waals surface area contributed by atoms with Crippen molar-refractivity contribution >= 4 is 17.6 Å². The van der Waals surface area contributed by atoms with Gasteiger partial charge in [0.15, 0.2) is 5.69 Å². The fraction of sp³-hybridized carbons (Fsp3) is 0.286. The summed E-state index contributed by atoms with van der Waals surface area (Å²) in [5.41, 5.74) is 1.47. The van der Waals surface area contributed by atoms with Crippen molar-refractivity contribution in [1.82, 2.24) is 9.78 Å². The van der Waals surface area contributed by atoms with Crippen LogP contribution < -0.4 is 0 Å².